The van der Waals surface area contributed by atoms with Gasteiger partial charge in [0.2, 0.25) is 0 Å². The van der Waals surface area contributed by atoms with Crippen LogP contribution in [-0.4, -0.2) is 96.7 Å². The monoisotopic (exact) mass is 1450 g/mol. The summed E-state index contributed by atoms with van der Waals surface area (Å²) < 4.78 is 68.4. The molecule has 0 radical (unpaired) electrons. The van der Waals surface area contributed by atoms with Crippen LogP contribution in [0.3, 0.4) is 0 Å². The minimum absolute atomic E-state index is 0.0374. The fourth-order valence-corrected chi connectivity index (χ4v) is 12.0. The minimum atomic E-state index is -4.99. The van der Waals surface area contributed by atoms with E-state index >= 15 is 0 Å². The molecule has 0 amide bonds. The summed E-state index contributed by atoms with van der Waals surface area (Å²) in [5.74, 6) is -2.27. The maximum Gasteiger partial charge on any atom is 0.472 e. The van der Waals surface area contributed by atoms with Crippen LogP contribution in [0.2, 0.25) is 0 Å². The second kappa shape index (κ2) is 73.0. The number of hydrogen-bond donors (Lipinski definition) is 3. The van der Waals surface area contributed by atoms with Gasteiger partial charge < -0.3 is 33.8 Å². The van der Waals surface area contributed by atoms with Gasteiger partial charge in [0.1, 0.15) is 19.3 Å². The van der Waals surface area contributed by atoms with E-state index in [1.165, 1.54) is 103 Å². The Balaban J connectivity index is 5.38. The molecule has 0 aliphatic rings. The zero-order valence-electron chi connectivity index (χ0n) is 62.8. The molecule has 5 atom stereocenters. The van der Waals surface area contributed by atoms with Gasteiger partial charge in [-0.1, -0.05) is 310 Å². The van der Waals surface area contributed by atoms with E-state index in [4.69, 9.17) is 37.0 Å². The number of aliphatic hydroxyl groups is 1. The van der Waals surface area contributed by atoms with Gasteiger partial charge in [0.15, 0.2) is 12.2 Å². The molecule has 0 rings (SSSR count). The second-order valence-electron chi connectivity index (χ2n) is 25.9. The third-order valence-corrected chi connectivity index (χ3v) is 18.2. The van der Waals surface area contributed by atoms with Crippen molar-refractivity contribution >= 4 is 39.5 Å². The van der Waals surface area contributed by atoms with Crippen molar-refractivity contribution in [2.75, 3.05) is 39.6 Å². The fraction of sp³-hybridized carbons (Fsp3) is 0.728. The van der Waals surface area contributed by atoms with E-state index in [0.717, 1.165) is 135 Å². The van der Waals surface area contributed by atoms with Gasteiger partial charge in [-0.3, -0.25) is 37.3 Å². The molecule has 0 bridgehead atoms. The number of phosphoric acid groups is 2. The van der Waals surface area contributed by atoms with Crippen LogP contribution >= 0.6 is 15.6 Å². The number of aliphatic hydroxyl groups excluding tert-OH is 1. The molecule has 19 heteroatoms. The first-order chi connectivity index (χ1) is 48.7. The van der Waals surface area contributed by atoms with Crippen molar-refractivity contribution in [1.29, 1.82) is 0 Å². The maximum atomic E-state index is 13.1. The molecular formula is C81H140O17P2. The van der Waals surface area contributed by atoms with Crippen LogP contribution in [-0.2, 0) is 65.4 Å². The highest BCUT2D eigenvalue weighted by atomic mass is 31.2. The van der Waals surface area contributed by atoms with Gasteiger partial charge in [-0.15, -0.1) is 0 Å². The Labute approximate surface area is 607 Å². The maximum absolute atomic E-state index is 13.1. The third-order valence-electron chi connectivity index (χ3n) is 16.3. The van der Waals surface area contributed by atoms with E-state index in [2.05, 4.69) is 119 Å². The number of rotatable bonds is 73. The van der Waals surface area contributed by atoms with Crippen LogP contribution in [0.4, 0.5) is 0 Å². The lowest BCUT2D eigenvalue weighted by Crippen LogP contribution is -2.30. The fourth-order valence-electron chi connectivity index (χ4n) is 10.4. The summed E-state index contributed by atoms with van der Waals surface area (Å²) in [6, 6.07) is 0. The van der Waals surface area contributed by atoms with Crippen molar-refractivity contribution in [3.63, 3.8) is 0 Å². The third kappa shape index (κ3) is 72.1. The van der Waals surface area contributed by atoms with Crippen LogP contribution in [0.5, 0.6) is 0 Å². The summed E-state index contributed by atoms with van der Waals surface area (Å²) in [6.45, 7) is 4.57. The molecule has 0 aliphatic heterocycles. The largest absolute Gasteiger partial charge is 0.472 e. The summed E-state index contributed by atoms with van der Waals surface area (Å²) in [5.41, 5.74) is 0. The van der Waals surface area contributed by atoms with Crippen molar-refractivity contribution in [3.05, 3.63) is 109 Å². The highest BCUT2D eigenvalue weighted by Crippen LogP contribution is 2.45. The Bertz CT molecular complexity index is 2320. The molecule has 0 saturated heterocycles. The summed E-state index contributed by atoms with van der Waals surface area (Å²) in [4.78, 5) is 72.8. The molecule has 0 aromatic rings. The zero-order chi connectivity index (χ0) is 73.2. The Morgan fingerprint density at radius 1 is 0.290 bits per heavy atom. The quantitative estimate of drug-likeness (QED) is 0.0169. The first kappa shape index (κ1) is 95.7. The SMILES string of the molecule is CC/C=C\C/C=C\C/C=C\C/C=C\C/C=C\C/C=C\CCC(=O)OCC(COP(=O)(O)OCC(O)COP(=O)(O)OCC(COC(=O)CCCCCCC/C=C\C/C=C\C/C=C\CC)OC(=O)CCCCCCCCCCCCC)OC(=O)CCCCCCCCCCCCCCCCC. The predicted molar refractivity (Wildman–Crippen MR) is 408 cm³/mol. The summed E-state index contributed by atoms with van der Waals surface area (Å²) >= 11 is 0. The number of allylic oxidation sites excluding steroid dienone is 18. The molecule has 0 saturated carbocycles. The van der Waals surface area contributed by atoms with Gasteiger partial charge >= 0.3 is 39.5 Å². The van der Waals surface area contributed by atoms with Crippen LogP contribution in [0.25, 0.3) is 0 Å². The van der Waals surface area contributed by atoms with E-state index in [1.54, 1.807) is 0 Å². The molecule has 3 N–H and O–H groups in total. The number of carbonyl (C=O) groups is 4. The molecule has 0 fully saturated rings. The molecule has 576 valence electrons. The number of carbonyl (C=O) groups excluding carboxylic acids is 4. The average molecular weight is 1450 g/mol. The van der Waals surface area contributed by atoms with Gasteiger partial charge in [-0.2, -0.15) is 0 Å². The number of phosphoric ester groups is 2. The van der Waals surface area contributed by atoms with E-state index < -0.39 is 97.5 Å². The summed E-state index contributed by atoms with van der Waals surface area (Å²) in [5, 5.41) is 10.6. The molecule has 17 nitrogen and oxygen atoms in total. The van der Waals surface area contributed by atoms with Crippen LogP contribution in [0, 0.1) is 0 Å². The molecule has 0 spiro atoms. The predicted octanol–water partition coefficient (Wildman–Crippen LogP) is 22.6. The van der Waals surface area contributed by atoms with Crippen LogP contribution < -0.4 is 0 Å². The van der Waals surface area contributed by atoms with Gasteiger partial charge in [0, 0.05) is 25.7 Å². The van der Waals surface area contributed by atoms with E-state index in [9.17, 15) is 43.2 Å². The van der Waals surface area contributed by atoms with Gasteiger partial charge in [0.05, 0.1) is 26.4 Å². The van der Waals surface area contributed by atoms with E-state index in [0.29, 0.717) is 32.1 Å². The second-order valence-corrected chi connectivity index (χ2v) is 28.8. The molecular weight excluding hydrogens is 1310 g/mol. The zero-order valence-corrected chi connectivity index (χ0v) is 64.6. The molecule has 0 heterocycles. The molecule has 0 aromatic heterocycles. The van der Waals surface area contributed by atoms with Crippen molar-refractivity contribution in [2.45, 2.75) is 341 Å². The number of esters is 4. The lowest BCUT2D eigenvalue weighted by Gasteiger charge is -2.21. The standard InChI is InChI=1S/C81H140O17P2/c1-5-9-13-17-21-25-29-32-35-36-37-38-41-43-47-50-54-58-62-66-79(84)92-72-77(98-81(86)68-64-60-56-52-48-44-40-34-31-27-23-19-15-11-7-3)74-96-100(89,90)94-70-75(82)69-93-99(87,88)95-73-76(97-80(85)67-63-59-55-51-45-28-24-20-16-12-8-4)71-91-78(83)65-61-57-53-49-46-42-39-33-30-26-22-18-14-10-6-2/h9-10,13-14,21-22,25-26,32-33,35,37-39,43,47,54,58,75-77,82H,5-8,11-12,15-20,23-24,27-31,34,36,40-42,44-46,48-53,55-57,59-74H2,1-4H3,(H,87,88)(H,89,90)/b13-9-,14-10-,25-21-,26-22-,35-32-,38-37-,39-33-,47-43-,58-54-. The minimum Gasteiger partial charge on any atom is -0.462 e. The van der Waals surface area contributed by atoms with Crippen molar-refractivity contribution in [2.24, 2.45) is 0 Å². The first-order valence-electron chi connectivity index (χ1n) is 39.1. The Morgan fingerprint density at radius 2 is 0.540 bits per heavy atom. The highest BCUT2D eigenvalue weighted by molar-refractivity contribution is 7.47. The Hall–Kier alpha value is -4.28. The van der Waals surface area contributed by atoms with Crippen molar-refractivity contribution < 1.29 is 80.2 Å². The van der Waals surface area contributed by atoms with Gasteiger partial charge in [0.25, 0.3) is 0 Å². The first-order valence-corrected chi connectivity index (χ1v) is 42.1. The van der Waals surface area contributed by atoms with Crippen molar-refractivity contribution in [3.8, 4) is 0 Å². The smallest absolute Gasteiger partial charge is 0.462 e. The average Bonchev–Trinajstić information content (AvgIpc) is 0.985. The highest BCUT2D eigenvalue weighted by Gasteiger charge is 2.30. The van der Waals surface area contributed by atoms with Gasteiger partial charge in [-0.05, 0) is 96.3 Å². The topological polar surface area (TPSA) is 237 Å². The van der Waals surface area contributed by atoms with Crippen LogP contribution in [0.15, 0.2) is 109 Å². The van der Waals surface area contributed by atoms with Crippen molar-refractivity contribution in [1.82, 2.24) is 0 Å². The normalized spacial score (nSPS) is 14.5. The van der Waals surface area contributed by atoms with E-state index in [1.807, 2.05) is 18.2 Å². The molecule has 0 aromatic carbocycles. The lowest BCUT2D eigenvalue weighted by molar-refractivity contribution is -0.161. The Morgan fingerprint density at radius 3 is 0.860 bits per heavy atom. The van der Waals surface area contributed by atoms with E-state index in [-0.39, 0.29) is 25.7 Å². The van der Waals surface area contributed by atoms with Gasteiger partial charge in [-0.25, -0.2) is 9.13 Å². The number of unbranched alkanes of at least 4 members (excludes halogenated alkanes) is 29. The summed E-state index contributed by atoms with van der Waals surface area (Å²) in [7, 11) is -9.97. The Kier molecular flexibility index (Phi) is 69.9. The number of hydrogen-bond acceptors (Lipinski definition) is 15. The molecule has 0 aliphatic carbocycles. The lowest BCUT2D eigenvalue weighted by atomic mass is 10.0. The summed E-state index contributed by atoms with van der Waals surface area (Å²) in [6.07, 6.45) is 78.1. The van der Waals surface area contributed by atoms with Crippen LogP contribution in [0.1, 0.15) is 323 Å². The molecule has 5 unspecified atom stereocenters. The number of ether oxygens (including phenoxy) is 4. The molecule has 100 heavy (non-hydrogen) atoms.